The summed E-state index contributed by atoms with van der Waals surface area (Å²) < 4.78 is 5.32. The predicted octanol–water partition coefficient (Wildman–Crippen LogP) is 0.383. The summed E-state index contributed by atoms with van der Waals surface area (Å²) in [6.45, 7) is 0.234. The van der Waals surface area contributed by atoms with Crippen LogP contribution in [0.5, 0.6) is 0 Å². The molecule has 20 heavy (non-hydrogen) atoms. The third-order valence-corrected chi connectivity index (χ3v) is 3.89. The SMILES string of the molecule is C#CCNC(=O)C1=C[C@@H](C2CC2)[C@H](CCCO)[C@@H](O)O1. The van der Waals surface area contributed by atoms with Gasteiger partial charge in [0, 0.05) is 12.5 Å². The normalized spacial score (nSPS) is 29.1. The number of carbonyl (C=O) groups excluding carboxylic acids is 1. The summed E-state index contributed by atoms with van der Waals surface area (Å²) in [6, 6.07) is 0. The van der Waals surface area contributed by atoms with Crippen LogP contribution in [0.25, 0.3) is 0 Å². The number of ether oxygens (including phenoxy) is 1. The smallest absolute Gasteiger partial charge is 0.286 e. The van der Waals surface area contributed by atoms with Crippen LogP contribution in [0.15, 0.2) is 11.8 Å². The number of terminal acetylenes is 1. The molecule has 2 rings (SSSR count). The Bertz CT molecular complexity index is 422. The van der Waals surface area contributed by atoms with Crippen LogP contribution in [0.2, 0.25) is 0 Å². The number of allylic oxidation sites excluding steroid dienone is 1. The minimum atomic E-state index is -0.997. The third kappa shape index (κ3) is 3.53. The summed E-state index contributed by atoms with van der Waals surface area (Å²) in [7, 11) is 0. The maximum atomic E-state index is 11.9. The molecule has 1 aliphatic carbocycles. The molecular formula is C15H21NO4. The second-order valence-electron chi connectivity index (χ2n) is 5.37. The minimum Gasteiger partial charge on any atom is -0.459 e. The van der Waals surface area contributed by atoms with Crippen molar-refractivity contribution in [1.29, 1.82) is 0 Å². The van der Waals surface area contributed by atoms with Crippen molar-refractivity contribution in [3.63, 3.8) is 0 Å². The average Bonchev–Trinajstić information content (AvgIpc) is 3.27. The van der Waals surface area contributed by atoms with Crippen LogP contribution in [0.4, 0.5) is 0 Å². The maximum Gasteiger partial charge on any atom is 0.286 e. The van der Waals surface area contributed by atoms with Crippen molar-refractivity contribution in [3.8, 4) is 12.3 Å². The molecule has 0 radical (unpaired) electrons. The average molecular weight is 279 g/mol. The lowest BCUT2D eigenvalue weighted by Gasteiger charge is -2.34. The van der Waals surface area contributed by atoms with E-state index in [1.54, 1.807) is 0 Å². The van der Waals surface area contributed by atoms with Crippen LogP contribution < -0.4 is 5.32 Å². The zero-order valence-electron chi connectivity index (χ0n) is 11.4. The monoisotopic (exact) mass is 279 g/mol. The van der Waals surface area contributed by atoms with Gasteiger partial charge in [0.1, 0.15) is 0 Å². The van der Waals surface area contributed by atoms with Crippen LogP contribution >= 0.6 is 0 Å². The van der Waals surface area contributed by atoms with E-state index >= 15 is 0 Å². The molecule has 0 spiro atoms. The van der Waals surface area contributed by atoms with Gasteiger partial charge in [0.05, 0.1) is 6.54 Å². The fraction of sp³-hybridized carbons (Fsp3) is 0.667. The van der Waals surface area contributed by atoms with Gasteiger partial charge in [-0.15, -0.1) is 6.42 Å². The van der Waals surface area contributed by atoms with E-state index in [-0.39, 0.29) is 36.7 Å². The molecule has 1 amide bonds. The Labute approximate surface area is 119 Å². The quantitative estimate of drug-likeness (QED) is 0.614. The second-order valence-corrected chi connectivity index (χ2v) is 5.37. The fourth-order valence-corrected chi connectivity index (χ4v) is 2.72. The van der Waals surface area contributed by atoms with E-state index in [1.165, 1.54) is 0 Å². The Kier molecular flexibility index (Phi) is 5.05. The van der Waals surface area contributed by atoms with Gasteiger partial charge in [-0.3, -0.25) is 4.79 Å². The van der Waals surface area contributed by atoms with Gasteiger partial charge < -0.3 is 20.3 Å². The molecule has 0 aromatic rings. The van der Waals surface area contributed by atoms with Crippen LogP contribution in [0.1, 0.15) is 25.7 Å². The highest BCUT2D eigenvalue weighted by Crippen LogP contribution is 2.46. The van der Waals surface area contributed by atoms with Crippen molar-refractivity contribution in [2.45, 2.75) is 32.0 Å². The number of hydrogen-bond acceptors (Lipinski definition) is 4. The minimum absolute atomic E-state index is 0.0566. The molecule has 5 heteroatoms. The van der Waals surface area contributed by atoms with E-state index in [0.29, 0.717) is 18.8 Å². The molecule has 3 N–H and O–H groups in total. The number of rotatable bonds is 6. The highest BCUT2D eigenvalue weighted by molar-refractivity contribution is 5.91. The number of hydrogen-bond donors (Lipinski definition) is 3. The Hall–Kier alpha value is -1.51. The second kappa shape index (κ2) is 6.78. The third-order valence-electron chi connectivity index (χ3n) is 3.89. The number of nitrogens with one attached hydrogen (secondary N) is 1. The molecule has 1 saturated carbocycles. The zero-order valence-corrected chi connectivity index (χ0v) is 11.4. The Morgan fingerprint density at radius 1 is 1.55 bits per heavy atom. The maximum absolute atomic E-state index is 11.9. The Morgan fingerprint density at radius 3 is 2.90 bits per heavy atom. The fourth-order valence-electron chi connectivity index (χ4n) is 2.72. The predicted molar refractivity (Wildman–Crippen MR) is 73.0 cm³/mol. The standard InChI is InChI=1S/C15H21NO4/c1-2-7-16-14(18)13-9-12(10-5-6-10)11(4-3-8-17)15(19)20-13/h1,9-12,15,17,19H,3-8H2,(H,16,18)/t11-,12-,15-/m0/s1. The molecule has 110 valence electrons. The summed E-state index contributed by atoms with van der Waals surface area (Å²) in [5.41, 5.74) is 0. The van der Waals surface area contributed by atoms with Crippen molar-refractivity contribution in [2.75, 3.05) is 13.2 Å². The first kappa shape index (κ1) is 14.9. The summed E-state index contributed by atoms with van der Waals surface area (Å²) in [6.07, 6.45) is 9.46. The van der Waals surface area contributed by atoms with E-state index < -0.39 is 6.29 Å². The van der Waals surface area contributed by atoms with Crippen LogP contribution in [-0.4, -0.2) is 35.6 Å². The highest BCUT2D eigenvalue weighted by atomic mass is 16.6. The number of aliphatic hydroxyl groups excluding tert-OH is 2. The largest absolute Gasteiger partial charge is 0.459 e. The molecule has 1 fully saturated rings. The van der Waals surface area contributed by atoms with E-state index in [2.05, 4.69) is 11.2 Å². The molecule has 0 aromatic heterocycles. The van der Waals surface area contributed by atoms with Crippen molar-refractivity contribution in [1.82, 2.24) is 5.32 Å². The molecule has 1 heterocycles. The van der Waals surface area contributed by atoms with Crippen LogP contribution in [0.3, 0.4) is 0 Å². The first-order chi connectivity index (χ1) is 9.67. The van der Waals surface area contributed by atoms with Gasteiger partial charge >= 0.3 is 0 Å². The molecule has 0 unspecified atom stereocenters. The van der Waals surface area contributed by atoms with Gasteiger partial charge in [0.2, 0.25) is 6.29 Å². The van der Waals surface area contributed by atoms with E-state index in [1.807, 2.05) is 6.08 Å². The molecule has 0 bridgehead atoms. The van der Waals surface area contributed by atoms with Gasteiger partial charge in [-0.25, -0.2) is 0 Å². The summed E-state index contributed by atoms with van der Waals surface area (Å²) in [4.78, 5) is 11.9. The first-order valence-corrected chi connectivity index (χ1v) is 7.06. The lowest BCUT2D eigenvalue weighted by Crippen LogP contribution is -2.38. The lowest BCUT2D eigenvalue weighted by molar-refractivity contribution is -0.148. The van der Waals surface area contributed by atoms with Gasteiger partial charge in [0.25, 0.3) is 5.91 Å². The highest BCUT2D eigenvalue weighted by Gasteiger charge is 2.42. The number of aliphatic hydroxyl groups is 2. The number of amides is 1. The number of carbonyl (C=O) groups is 1. The zero-order chi connectivity index (χ0) is 14.5. The summed E-state index contributed by atoms with van der Waals surface area (Å²) in [5.74, 6) is 2.69. The molecule has 3 atom stereocenters. The van der Waals surface area contributed by atoms with Gasteiger partial charge in [-0.2, -0.15) is 0 Å². The Morgan fingerprint density at radius 2 is 2.30 bits per heavy atom. The molecule has 2 aliphatic rings. The van der Waals surface area contributed by atoms with Gasteiger partial charge in [-0.05, 0) is 43.6 Å². The molecule has 0 saturated heterocycles. The van der Waals surface area contributed by atoms with E-state index in [4.69, 9.17) is 16.3 Å². The van der Waals surface area contributed by atoms with Crippen molar-refractivity contribution in [2.24, 2.45) is 17.8 Å². The lowest BCUT2D eigenvalue weighted by atomic mass is 9.82. The van der Waals surface area contributed by atoms with E-state index in [9.17, 15) is 9.90 Å². The Balaban J connectivity index is 2.07. The van der Waals surface area contributed by atoms with Crippen LogP contribution in [-0.2, 0) is 9.53 Å². The van der Waals surface area contributed by atoms with Gasteiger partial charge in [0.15, 0.2) is 5.76 Å². The first-order valence-electron chi connectivity index (χ1n) is 7.06. The molecule has 5 nitrogen and oxygen atoms in total. The van der Waals surface area contributed by atoms with Crippen molar-refractivity contribution in [3.05, 3.63) is 11.8 Å². The summed E-state index contributed by atoms with van der Waals surface area (Å²) in [5, 5.41) is 21.6. The molecule has 0 aromatic carbocycles. The summed E-state index contributed by atoms with van der Waals surface area (Å²) >= 11 is 0. The van der Waals surface area contributed by atoms with Crippen molar-refractivity contribution < 1.29 is 19.7 Å². The van der Waals surface area contributed by atoms with E-state index in [0.717, 1.165) is 12.8 Å². The van der Waals surface area contributed by atoms with Crippen LogP contribution in [0, 0.1) is 30.1 Å². The molecular weight excluding hydrogens is 258 g/mol. The topological polar surface area (TPSA) is 78.8 Å². The van der Waals surface area contributed by atoms with Gasteiger partial charge in [-0.1, -0.05) is 5.92 Å². The van der Waals surface area contributed by atoms with Crippen molar-refractivity contribution >= 4 is 5.91 Å². The molecule has 1 aliphatic heterocycles.